The van der Waals surface area contributed by atoms with Crippen molar-refractivity contribution in [3.05, 3.63) is 76.9 Å². The Hall–Kier alpha value is -3.67. The zero-order valence-corrected chi connectivity index (χ0v) is 27.8. The van der Waals surface area contributed by atoms with Crippen molar-refractivity contribution in [3.63, 3.8) is 0 Å². The Balaban J connectivity index is 2.45. The van der Waals surface area contributed by atoms with Crippen LogP contribution in [0.25, 0.3) is 5.76 Å². The van der Waals surface area contributed by atoms with E-state index in [2.05, 4.69) is 19.2 Å². The average Bonchev–Trinajstić information content (AvgIpc) is 2.91. The number of Topliss-reactive ketones (excluding diaryl/α,β-unsaturated/α-hetero) is 3. The van der Waals surface area contributed by atoms with E-state index in [9.17, 15) is 24.9 Å². The van der Waals surface area contributed by atoms with Gasteiger partial charge in [0.1, 0.15) is 16.7 Å². The van der Waals surface area contributed by atoms with Crippen molar-refractivity contribution < 1.29 is 29.7 Å². The summed E-state index contributed by atoms with van der Waals surface area (Å²) in [6.45, 7) is 23.8. The third-order valence-corrected chi connectivity index (χ3v) is 10.1. The molecule has 2 bridgehead atoms. The van der Waals surface area contributed by atoms with Gasteiger partial charge in [-0.3, -0.25) is 14.4 Å². The first kappa shape index (κ1) is 34.8. The molecule has 2 aliphatic carbocycles. The quantitative estimate of drug-likeness (QED) is 0.0583. The standard InChI is InChI=1S/C38H50O6/c1-22(2)11-13-27(25(7)8)20-37-21-28(15-12-23(3)4)36(9,10)38(35(37)44,18-17-24(5)6)34(43)31(33(37)42)32(41)26-14-16-29(39)30(40)19-26/h12,14,16-17,19,27-28,39-41H,1,7,11,13,15,18,20-21H2,2-6,8-10H3/b32-31+/t27-,28+,37+,38-/m0/s1. The largest absolute Gasteiger partial charge is 0.506 e. The van der Waals surface area contributed by atoms with Crippen molar-refractivity contribution in [2.24, 2.45) is 28.1 Å². The summed E-state index contributed by atoms with van der Waals surface area (Å²) in [5.74, 6) is -3.61. The number of carbonyl (C=O) groups excluding carboxylic acids is 3. The van der Waals surface area contributed by atoms with Crippen LogP contribution in [0.1, 0.15) is 99.5 Å². The number of ketones is 3. The molecule has 6 heteroatoms. The molecule has 0 radical (unpaired) electrons. The second kappa shape index (κ2) is 12.7. The van der Waals surface area contributed by atoms with E-state index in [-0.39, 0.29) is 42.4 Å². The maximum absolute atomic E-state index is 15.2. The molecule has 0 unspecified atom stereocenters. The van der Waals surface area contributed by atoms with E-state index in [1.807, 2.05) is 61.5 Å². The monoisotopic (exact) mass is 602 g/mol. The van der Waals surface area contributed by atoms with E-state index < -0.39 is 50.6 Å². The molecule has 0 aliphatic heterocycles. The van der Waals surface area contributed by atoms with E-state index >= 15 is 4.79 Å². The number of hydrogen-bond acceptors (Lipinski definition) is 6. The van der Waals surface area contributed by atoms with Crippen LogP contribution >= 0.6 is 0 Å². The van der Waals surface area contributed by atoms with Crippen LogP contribution in [-0.4, -0.2) is 32.7 Å². The molecule has 2 saturated carbocycles. The summed E-state index contributed by atoms with van der Waals surface area (Å²) in [6, 6.07) is 3.64. The van der Waals surface area contributed by atoms with Crippen LogP contribution in [0.2, 0.25) is 0 Å². The van der Waals surface area contributed by atoms with E-state index in [0.717, 1.165) is 28.4 Å². The highest BCUT2D eigenvalue weighted by Gasteiger charge is 2.74. The number of phenolic OH excluding ortho intramolecular Hbond substituents is 2. The first-order valence-corrected chi connectivity index (χ1v) is 15.5. The second-order valence-corrected chi connectivity index (χ2v) is 14.3. The Morgan fingerprint density at radius 3 is 2.09 bits per heavy atom. The number of allylic oxidation sites excluding steroid dienone is 7. The van der Waals surface area contributed by atoms with Gasteiger partial charge in [0.15, 0.2) is 28.8 Å². The zero-order chi connectivity index (χ0) is 33.4. The molecule has 6 nitrogen and oxygen atoms in total. The first-order valence-electron chi connectivity index (χ1n) is 15.5. The molecule has 3 rings (SSSR count). The number of benzene rings is 1. The molecule has 2 aliphatic rings. The topological polar surface area (TPSA) is 112 Å². The molecule has 238 valence electrons. The molecular formula is C38H50O6. The summed E-state index contributed by atoms with van der Waals surface area (Å²) in [4.78, 5) is 44.9. The Labute approximate surface area is 263 Å². The summed E-state index contributed by atoms with van der Waals surface area (Å²) >= 11 is 0. The molecule has 1 aromatic carbocycles. The van der Waals surface area contributed by atoms with Gasteiger partial charge in [0, 0.05) is 5.56 Å². The minimum absolute atomic E-state index is 0.00886. The highest BCUT2D eigenvalue weighted by molar-refractivity contribution is 6.41. The SMILES string of the molecule is C=C(C)CC[C@@H](C[C@@]12C[C@@H](CC=C(C)C)C(C)(C)[C@@](CC=C(C)C)(C(=O)/C(=C(/O)c3ccc(O)c(O)c3)C1=O)C2=O)C(=C)C. The molecular weight excluding hydrogens is 552 g/mol. The van der Waals surface area contributed by atoms with Crippen LogP contribution < -0.4 is 0 Å². The van der Waals surface area contributed by atoms with Gasteiger partial charge in [-0.15, -0.1) is 6.58 Å². The fourth-order valence-electron chi connectivity index (χ4n) is 7.19. The Kier molecular flexibility index (Phi) is 10.1. The van der Waals surface area contributed by atoms with Gasteiger partial charge < -0.3 is 15.3 Å². The molecule has 0 aromatic heterocycles. The van der Waals surface area contributed by atoms with Gasteiger partial charge in [-0.25, -0.2) is 0 Å². The maximum atomic E-state index is 15.2. The third kappa shape index (κ3) is 6.00. The molecule has 44 heavy (non-hydrogen) atoms. The molecule has 0 saturated heterocycles. The predicted octanol–water partition coefficient (Wildman–Crippen LogP) is 8.76. The zero-order valence-electron chi connectivity index (χ0n) is 27.8. The van der Waals surface area contributed by atoms with Crippen LogP contribution in [0.4, 0.5) is 0 Å². The molecule has 1 aromatic rings. The lowest BCUT2D eigenvalue weighted by atomic mass is 9.38. The number of fused-ring (bicyclic) bond motifs is 2. The number of aliphatic hydroxyl groups is 1. The number of carbonyl (C=O) groups is 3. The van der Waals surface area contributed by atoms with E-state index in [0.29, 0.717) is 19.3 Å². The summed E-state index contributed by atoms with van der Waals surface area (Å²) in [6.07, 6.45) is 6.46. The highest BCUT2D eigenvalue weighted by atomic mass is 16.3. The van der Waals surface area contributed by atoms with Crippen molar-refractivity contribution >= 4 is 23.1 Å². The third-order valence-electron chi connectivity index (χ3n) is 10.1. The van der Waals surface area contributed by atoms with Crippen molar-refractivity contribution in [3.8, 4) is 11.5 Å². The minimum atomic E-state index is -1.62. The number of aliphatic hydroxyl groups excluding tert-OH is 1. The predicted molar refractivity (Wildman–Crippen MR) is 176 cm³/mol. The molecule has 0 amide bonds. The molecule has 0 spiro atoms. The van der Waals surface area contributed by atoms with Gasteiger partial charge in [-0.05, 0) is 116 Å². The van der Waals surface area contributed by atoms with Crippen molar-refractivity contribution in [2.45, 2.75) is 93.9 Å². The normalized spacial score (nSPS) is 26.1. The summed E-state index contributed by atoms with van der Waals surface area (Å²) in [5, 5.41) is 31.7. The van der Waals surface area contributed by atoms with Gasteiger partial charge >= 0.3 is 0 Å². The Morgan fingerprint density at radius 2 is 1.57 bits per heavy atom. The fourth-order valence-corrected chi connectivity index (χ4v) is 7.19. The molecule has 2 fully saturated rings. The molecule has 4 atom stereocenters. The van der Waals surface area contributed by atoms with Crippen molar-refractivity contribution in [1.29, 1.82) is 0 Å². The highest BCUT2D eigenvalue weighted by Crippen LogP contribution is 2.66. The van der Waals surface area contributed by atoms with Gasteiger partial charge in [0.05, 0.1) is 5.41 Å². The van der Waals surface area contributed by atoms with Gasteiger partial charge in [-0.2, -0.15) is 0 Å². The number of hydrogen-bond donors (Lipinski definition) is 3. The lowest BCUT2D eigenvalue weighted by Gasteiger charge is -2.60. The lowest BCUT2D eigenvalue weighted by molar-refractivity contribution is -0.177. The summed E-state index contributed by atoms with van der Waals surface area (Å²) in [7, 11) is 0. The van der Waals surface area contributed by atoms with Crippen LogP contribution in [-0.2, 0) is 14.4 Å². The number of rotatable bonds is 11. The minimum Gasteiger partial charge on any atom is -0.506 e. The van der Waals surface area contributed by atoms with Gasteiger partial charge in [0.25, 0.3) is 0 Å². The Bertz CT molecular complexity index is 1480. The smallest absolute Gasteiger partial charge is 0.184 e. The first-order chi connectivity index (χ1) is 20.3. The van der Waals surface area contributed by atoms with E-state index in [1.54, 1.807) is 0 Å². The number of aromatic hydroxyl groups is 2. The van der Waals surface area contributed by atoms with E-state index in [4.69, 9.17) is 0 Å². The summed E-state index contributed by atoms with van der Waals surface area (Å²) < 4.78 is 0. The van der Waals surface area contributed by atoms with Crippen molar-refractivity contribution in [2.75, 3.05) is 0 Å². The van der Waals surface area contributed by atoms with Crippen LogP contribution in [0.15, 0.2) is 71.4 Å². The fraction of sp³-hybridized carbons (Fsp3) is 0.500. The molecule has 0 heterocycles. The van der Waals surface area contributed by atoms with Crippen molar-refractivity contribution in [1.82, 2.24) is 0 Å². The van der Waals surface area contributed by atoms with Gasteiger partial charge in [0.2, 0.25) is 0 Å². The Morgan fingerprint density at radius 1 is 0.955 bits per heavy atom. The van der Waals surface area contributed by atoms with Gasteiger partial charge in [-0.1, -0.05) is 54.9 Å². The van der Waals surface area contributed by atoms with Crippen LogP contribution in [0.5, 0.6) is 11.5 Å². The van der Waals surface area contributed by atoms with E-state index in [1.165, 1.54) is 12.1 Å². The second-order valence-electron chi connectivity index (χ2n) is 14.3. The average molecular weight is 603 g/mol. The van der Waals surface area contributed by atoms with Crippen LogP contribution in [0, 0.1) is 28.1 Å². The molecule has 3 N–H and O–H groups in total. The van der Waals surface area contributed by atoms with Crippen LogP contribution in [0.3, 0.4) is 0 Å². The summed E-state index contributed by atoms with van der Waals surface area (Å²) in [5.41, 5.74) is -0.587. The maximum Gasteiger partial charge on any atom is 0.184 e. The lowest BCUT2D eigenvalue weighted by Crippen LogP contribution is -2.69. The number of phenols is 2.